The topological polar surface area (TPSA) is 32.8 Å². The van der Waals surface area contributed by atoms with Gasteiger partial charge in [0.15, 0.2) is 0 Å². The molecule has 5 aliphatic heterocycles. The van der Waals surface area contributed by atoms with Crippen molar-refractivity contribution >= 4 is 11.8 Å². The maximum atomic E-state index is 5.52. The number of furan rings is 2. The Labute approximate surface area is 227 Å². The maximum Gasteiger partial charge on any atom is 0.0950 e. The highest BCUT2D eigenvalue weighted by atomic mass is 32.2. The molecule has 0 aliphatic carbocycles. The molecule has 37 heavy (non-hydrogen) atoms. The van der Waals surface area contributed by atoms with Crippen LogP contribution >= 0.6 is 11.8 Å². The maximum absolute atomic E-state index is 5.52. The average molecular weight is 523 g/mol. The lowest BCUT2D eigenvalue weighted by Gasteiger charge is -2.51. The van der Waals surface area contributed by atoms with Gasteiger partial charge in [0.05, 0.1) is 25.1 Å². The Morgan fingerprint density at radius 1 is 0.676 bits per heavy atom. The van der Waals surface area contributed by atoms with E-state index in [0.717, 1.165) is 46.9 Å². The van der Waals surface area contributed by atoms with Crippen LogP contribution in [0.15, 0.2) is 46.0 Å². The third-order valence-electron chi connectivity index (χ3n) is 11.4. The van der Waals surface area contributed by atoms with Gasteiger partial charge < -0.3 is 8.83 Å². The minimum absolute atomic E-state index is 0.571. The molecule has 0 saturated carbocycles. The zero-order chi connectivity index (χ0) is 24.9. The summed E-state index contributed by atoms with van der Waals surface area (Å²) >= 11 is 2.34. The highest BCUT2D eigenvalue weighted by Crippen LogP contribution is 2.50. The summed E-state index contributed by atoms with van der Waals surface area (Å²) in [5.74, 6) is 5.69. The molecule has 202 valence electrons. The zero-order valence-electron chi connectivity index (χ0n) is 22.8. The molecule has 5 heteroatoms. The number of thioether (sulfide) groups is 1. The summed E-state index contributed by atoms with van der Waals surface area (Å²) < 4.78 is 11.0. The first-order valence-corrected chi connectivity index (χ1v) is 16.4. The van der Waals surface area contributed by atoms with Gasteiger partial charge in [-0.25, -0.2) is 0 Å². The second kappa shape index (κ2) is 10.4. The molecule has 7 rings (SSSR count). The van der Waals surface area contributed by atoms with E-state index in [1.807, 2.05) is 25.1 Å². The predicted molar refractivity (Wildman–Crippen MR) is 150 cm³/mol. The minimum Gasteiger partial charge on any atom is -0.472 e. The predicted octanol–water partition coefficient (Wildman–Crippen LogP) is 7.80. The van der Waals surface area contributed by atoms with E-state index in [0.29, 0.717) is 12.1 Å². The molecule has 0 N–H and O–H groups in total. The van der Waals surface area contributed by atoms with E-state index in [-0.39, 0.29) is 0 Å². The fourth-order valence-corrected chi connectivity index (χ4v) is 11.0. The van der Waals surface area contributed by atoms with Crippen LogP contribution in [0.1, 0.15) is 94.8 Å². The minimum atomic E-state index is 0.571. The number of hydrogen-bond acceptors (Lipinski definition) is 5. The Bertz CT molecular complexity index is 928. The highest BCUT2D eigenvalue weighted by Gasteiger charge is 2.46. The molecule has 0 spiro atoms. The SMILES string of the molecule is CC1CCC(c2ccoc2)N2CC(C3CSC(C4CCC5C(C)CCC(c6ccoc6)N5C4)C3)CCC12. The van der Waals surface area contributed by atoms with Crippen molar-refractivity contribution in [3.63, 3.8) is 0 Å². The van der Waals surface area contributed by atoms with E-state index < -0.39 is 0 Å². The van der Waals surface area contributed by atoms with Crippen LogP contribution < -0.4 is 0 Å². The van der Waals surface area contributed by atoms with Crippen LogP contribution in [0.2, 0.25) is 0 Å². The van der Waals surface area contributed by atoms with E-state index >= 15 is 0 Å². The molecule has 7 heterocycles. The van der Waals surface area contributed by atoms with Gasteiger partial charge in [0.2, 0.25) is 0 Å². The Hall–Kier alpha value is -1.17. The Kier molecular flexibility index (Phi) is 7.00. The quantitative estimate of drug-likeness (QED) is 0.409. The van der Waals surface area contributed by atoms with Crippen LogP contribution in [0.4, 0.5) is 0 Å². The normalized spacial score (nSPS) is 43.4. The van der Waals surface area contributed by atoms with Crippen molar-refractivity contribution < 1.29 is 8.83 Å². The summed E-state index contributed by atoms with van der Waals surface area (Å²) in [6.45, 7) is 7.61. The first-order valence-electron chi connectivity index (χ1n) is 15.3. The first-order chi connectivity index (χ1) is 18.2. The summed E-state index contributed by atoms with van der Waals surface area (Å²) in [6.07, 6.45) is 20.2. The molecule has 0 radical (unpaired) electrons. The fraction of sp³-hybridized carbons (Fsp3) is 0.750. The molecule has 5 aliphatic rings. The summed E-state index contributed by atoms with van der Waals surface area (Å²) in [5, 5.41) is 0.857. The van der Waals surface area contributed by atoms with Gasteiger partial charge in [-0.1, -0.05) is 13.8 Å². The monoisotopic (exact) mass is 522 g/mol. The van der Waals surface area contributed by atoms with Gasteiger partial charge in [0.25, 0.3) is 0 Å². The summed E-state index contributed by atoms with van der Waals surface area (Å²) in [5.41, 5.74) is 2.82. The molecule has 2 aromatic rings. The van der Waals surface area contributed by atoms with Crippen molar-refractivity contribution in [2.24, 2.45) is 29.6 Å². The van der Waals surface area contributed by atoms with E-state index in [2.05, 4.69) is 47.5 Å². The lowest BCUT2D eigenvalue weighted by Crippen LogP contribution is -2.53. The van der Waals surface area contributed by atoms with E-state index in [4.69, 9.17) is 8.83 Å². The van der Waals surface area contributed by atoms with Gasteiger partial charge in [-0.05, 0) is 105 Å². The first kappa shape index (κ1) is 24.8. The average Bonchev–Trinajstić information content (AvgIpc) is 3.72. The van der Waals surface area contributed by atoms with E-state index in [9.17, 15) is 0 Å². The lowest BCUT2D eigenvalue weighted by atomic mass is 9.73. The Balaban J connectivity index is 1.02. The Morgan fingerprint density at radius 2 is 1.24 bits per heavy atom. The molecule has 10 unspecified atom stereocenters. The Morgan fingerprint density at radius 3 is 1.81 bits per heavy atom. The second-order valence-electron chi connectivity index (χ2n) is 13.3. The smallest absolute Gasteiger partial charge is 0.0950 e. The van der Waals surface area contributed by atoms with Crippen LogP contribution in [0.3, 0.4) is 0 Å². The second-order valence-corrected chi connectivity index (χ2v) is 14.6. The molecule has 10 atom stereocenters. The van der Waals surface area contributed by atoms with Crippen molar-refractivity contribution in [2.45, 2.75) is 101 Å². The molecular formula is C32H46N2O2S. The van der Waals surface area contributed by atoms with Crippen LogP contribution in [-0.4, -0.2) is 46.0 Å². The van der Waals surface area contributed by atoms with Crippen molar-refractivity contribution in [1.29, 1.82) is 0 Å². The van der Waals surface area contributed by atoms with Gasteiger partial charge in [0, 0.05) is 53.6 Å². The van der Waals surface area contributed by atoms with Gasteiger partial charge in [-0.3, -0.25) is 9.80 Å². The molecular weight excluding hydrogens is 476 g/mol. The van der Waals surface area contributed by atoms with Crippen LogP contribution in [-0.2, 0) is 0 Å². The number of fused-ring (bicyclic) bond motifs is 2. The molecule has 5 saturated heterocycles. The van der Waals surface area contributed by atoms with Gasteiger partial charge in [-0.2, -0.15) is 11.8 Å². The fourth-order valence-electron chi connectivity index (χ4n) is 9.27. The van der Waals surface area contributed by atoms with E-state index in [1.165, 1.54) is 87.8 Å². The van der Waals surface area contributed by atoms with Crippen molar-refractivity contribution in [3.05, 3.63) is 48.3 Å². The van der Waals surface area contributed by atoms with Gasteiger partial charge in [-0.15, -0.1) is 0 Å². The molecule has 0 bridgehead atoms. The number of rotatable bonds is 4. The lowest BCUT2D eigenvalue weighted by molar-refractivity contribution is -0.0186. The van der Waals surface area contributed by atoms with Crippen molar-refractivity contribution in [3.8, 4) is 0 Å². The van der Waals surface area contributed by atoms with Crippen molar-refractivity contribution in [1.82, 2.24) is 9.80 Å². The molecule has 5 fully saturated rings. The number of nitrogens with zero attached hydrogens (tertiary/aromatic N) is 2. The molecule has 0 aromatic carbocycles. The van der Waals surface area contributed by atoms with Crippen LogP contribution in [0, 0.1) is 29.6 Å². The van der Waals surface area contributed by atoms with Crippen LogP contribution in [0.25, 0.3) is 0 Å². The zero-order valence-corrected chi connectivity index (χ0v) is 23.7. The summed E-state index contributed by atoms with van der Waals surface area (Å²) in [7, 11) is 0. The summed E-state index contributed by atoms with van der Waals surface area (Å²) in [4.78, 5) is 5.83. The molecule has 0 amide bonds. The van der Waals surface area contributed by atoms with Crippen molar-refractivity contribution in [2.75, 3.05) is 18.8 Å². The van der Waals surface area contributed by atoms with Crippen LogP contribution in [0.5, 0.6) is 0 Å². The molecule has 2 aromatic heterocycles. The third-order valence-corrected chi connectivity index (χ3v) is 13.0. The van der Waals surface area contributed by atoms with E-state index in [1.54, 1.807) is 0 Å². The highest BCUT2D eigenvalue weighted by molar-refractivity contribution is 8.00. The largest absolute Gasteiger partial charge is 0.472 e. The van der Waals surface area contributed by atoms with Gasteiger partial charge in [0.1, 0.15) is 0 Å². The molecule has 4 nitrogen and oxygen atoms in total. The number of piperidine rings is 4. The number of hydrogen-bond donors (Lipinski definition) is 0. The summed E-state index contributed by atoms with van der Waals surface area (Å²) in [6, 6.07) is 7.12. The van der Waals surface area contributed by atoms with Gasteiger partial charge >= 0.3 is 0 Å². The third kappa shape index (κ3) is 4.65. The standard InChI is InChI=1S/C32H46N2O2S/c1-21-3-7-30(25-11-13-35-18-25)33-16-23(5-9-28(21)33)27-15-32(37-20-27)24-6-10-29-22(2)4-8-31(34(29)17-24)26-12-14-36-19-26/h11-14,18-19,21-24,27-32H,3-10,15-17,20H2,1-2H3.